The van der Waals surface area contributed by atoms with Gasteiger partial charge in [0, 0.05) is 19.2 Å². The zero-order valence-electron chi connectivity index (χ0n) is 5.85. The van der Waals surface area contributed by atoms with Gasteiger partial charge in [0.15, 0.2) is 0 Å². The quantitative estimate of drug-likeness (QED) is 0.514. The molecule has 9 heavy (non-hydrogen) atoms. The molecule has 0 unspecified atom stereocenters. The van der Waals surface area contributed by atoms with Gasteiger partial charge in [0.1, 0.15) is 0 Å². The highest BCUT2D eigenvalue weighted by Crippen LogP contribution is 2.15. The molecule has 0 aromatic rings. The molecule has 1 aliphatic heterocycles. The lowest BCUT2D eigenvalue weighted by Crippen LogP contribution is -2.19. The number of rotatable bonds is 1. The van der Waals surface area contributed by atoms with Crippen molar-refractivity contribution in [2.24, 2.45) is 0 Å². The van der Waals surface area contributed by atoms with Crippen LogP contribution in [0.3, 0.4) is 0 Å². The van der Waals surface area contributed by atoms with Crippen LogP contribution in [-0.2, 0) is 4.79 Å². The average molecular weight is 125 g/mol. The molecule has 1 amide bonds. The van der Waals surface area contributed by atoms with Gasteiger partial charge in [-0.25, -0.2) is 0 Å². The first kappa shape index (κ1) is 6.33. The largest absolute Gasteiger partial charge is 0.319 e. The van der Waals surface area contributed by atoms with Crippen molar-refractivity contribution in [1.82, 2.24) is 4.90 Å². The maximum Gasteiger partial charge on any atom is 0.230 e. The van der Waals surface area contributed by atoms with Gasteiger partial charge in [-0.15, -0.1) is 0 Å². The Kier molecular flexibility index (Phi) is 1.56. The topological polar surface area (TPSA) is 20.3 Å². The van der Waals surface area contributed by atoms with E-state index in [-0.39, 0.29) is 5.91 Å². The van der Waals surface area contributed by atoms with E-state index in [2.05, 4.69) is 6.92 Å². The first-order chi connectivity index (χ1) is 4.25. The number of carbonyl (C=O) groups excluding carboxylic acids is 1. The highest BCUT2D eigenvalue weighted by molar-refractivity contribution is 5.82. The number of amides is 1. The van der Waals surface area contributed by atoms with Gasteiger partial charge in [0.2, 0.25) is 5.91 Å². The van der Waals surface area contributed by atoms with Gasteiger partial charge in [0.05, 0.1) is 0 Å². The predicted octanol–water partition coefficient (Wildman–Crippen LogP) is 1.14. The van der Waals surface area contributed by atoms with Gasteiger partial charge in [-0.2, -0.15) is 0 Å². The van der Waals surface area contributed by atoms with Crippen molar-refractivity contribution in [3.8, 4) is 0 Å². The Morgan fingerprint density at radius 1 is 1.78 bits per heavy atom. The molecule has 1 heterocycles. The summed E-state index contributed by atoms with van der Waals surface area (Å²) < 4.78 is 0. The molecule has 1 aliphatic rings. The minimum Gasteiger partial charge on any atom is -0.319 e. The Hall–Kier alpha value is -0.790. The average Bonchev–Trinajstić information content (AvgIpc) is 2.15. The molecule has 0 saturated carbocycles. The van der Waals surface area contributed by atoms with Crippen LogP contribution in [0.25, 0.3) is 0 Å². The summed E-state index contributed by atoms with van der Waals surface area (Å²) >= 11 is 0. The van der Waals surface area contributed by atoms with E-state index in [1.807, 2.05) is 13.1 Å². The lowest BCUT2D eigenvalue weighted by molar-refractivity contribution is -0.126. The Bertz CT molecular complexity index is 160. The second-order valence-corrected chi connectivity index (χ2v) is 2.21. The van der Waals surface area contributed by atoms with Crippen LogP contribution in [0.15, 0.2) is 11.8 Å². The standard InChI is InChI=1S/C7H11NO/c1-3-6-4-5-7(9)8(6)2/h4H,3,5H2,1-2H3. The summed E-state index contributed by atoms with van der Waals surface area (Å²) in [6.07, 6.45) is 3.55. The number of hydrogen-bond acceptors (Lipinski definition) is 1. The van der Waals surface area contributed by atoms with E-state index < -0.39 is 0 Å². The second-order valence-electron chi connectivity index (χ2n) is 2.21. The molecule has 50 valence electrons. The lowest BCUT2D eigenvalue weighted by atomic mass is 10.3. The minimum atomic E-state index is 0.215. The Balaban J connectivity index is 2.66. The van der Waals surface area contributed by atoms with Gasteiger partial charge in [-0.1, -0.05) is 13.0 Å². The molecule has 0 fully saturated rings. The third-order valence-corrected chi connectivity index (χ3v) is 1.68. The van der Waals surface area contributed by atoms with Crippen LogP contribution < -0.4 is 0 Å². The van der Waals surface area contributed by atoms with Gasteiger partial charge in [-0.3, -0.25) is 4.79 Å². The summed E-state index contributed by atoms with van der Waals surface area (Å²) in [6, 6.07) is 0. The van der Waals surface area contributed by atoms with E-state index in [1.54, 1.807) is 4.90 Å². The van der Waals surface area contributed by atoms with Crippen LogP contribution in [0, 0.1) is 0 Å². The molecule has 2 nitrogen and oxygen atoms in total. The Labute approximate surface area is 55.2 Å². The molecule has 0 aromatic carbocycles. The van der Waals surface area contributed by atoms with Crippen molar-refractivity contribution < 1.29 is 4.79 Å². The molecule has 0 radical (unpaired) electrons. The highest BCUT2D eigenvalue weighted by atomic mass is 16.2. The van der Waals surface area contributed by atoms with Crippen molar-refractivity contribution in [2.45, 2.75) is 19.8 Å². The smallest absolute Gasteiger partial charge is 0.230 e. The highest BCUT2D eigenvalue weighted by Gasteiger charge is 2.16. The maximum absolute atomic E-state index is 10.8. The fraction of sp³-hybridized carbons (Fsp3) is 0.571. The van der Waals surface area contributed by atoms with Crippen molar-refractivity contribution in [3.63, 3.8) is 0 Å². The van der Waals surface area contributed by atoms with Gasteiger partial charge in [0.25, 0.3) is 0 Å². The van der Waals surface area contributed by atoms with Crippen LogP contribution in [-0.4, -0.2) is 17.9 Å². The fourth-order valence-corrected chi connectivity index (χ4v) is 1.02. The number of carbonyl (C=O) groups is 1. The molecule has 1 rings (SSSR count). The number of hydrogen-bond donors (Lipinski definition) is 0. The second kappa shape index (κ2) is 2.21. The van der Waals surface area contributed by atoms with Crippen LogP contribution in [0.4, 0.5) is 0 Å². The molecular formula is C7H11NO. The summed E-state index contributed by atoms with van der Waals surface area (Å²) in [5.74, 6) is 0.215. The normalized spacial score (nSPS) is 18.7. The summed E-state index contributed by atoms with van der Waals surface area (Å²) in [5, 5.41) is 0. The third kappa shape index (κ3) is 0.969. The van der Waals surface area contributed by atoms with E-state index >= 15 is 0 Å². The Morgan fingerprint density at radius 2 is 2.44 bits per heavy atom. The number of allylic oxidation sites excluding steroid dienone is 1. The monoisotopic (exact) mass is 125 g/mol. The summed E-state index contributed by atoms with van der Waals surface area (Å²) in [6.45, 7) is 2.06. The van der Waals surface area contributed by atoms with Crippen LogP contribution in [0.1, 0.15) is 19.8 Å². The third-order valence-electron chi connectivity index (χ3n) is 1.68. The predicted molar refractivity (Wildman–Crippen MR) is 35.8 cm³/mol. The van der Waals surface area contributed by atoms with E-state index in [0.29, 0.717) is 6.42 Å². The first-order valence-corrected chi connectivity index (χ1v) is 3.21. The molecule has 0 atom stereocenters. The van der Waals surface area contributed by atoms with Crippen LogP contribution in [0.2, 0.25) is 0 Å². The molecule has 0 spiro atoms. The molecule has 0 aliphatic carbocycles. The molecule has 0 aromatic heterocycles. The van der Waals surface area contributed by atoms with Gasteiger partial charge in [-0.05, 0) is 6.42 Å². The zero-order chi connectivity index (χ0) is 6.85. The molecule has 2 heteroatoms. The van der Waals surface area contributed by atoms with Crippen LogP contribution >= 0.6 is 0 Å². The first-order valence-electron chi connectivity index (χ1n) is 3.21. The summed E-state index contributed by atoms with van der Waals surface area (Å²) in [7, 11) is 1.82. The summed E-state index contributed by atoms with van der Waals surface area (Å²) in [4.78, 5) is 12.5. The lowest BCUT2D eigenvalue weighted by Gasteiger charge is -2.11. The van der Waals surface area contributed by atoms with E-state index in [0.717, 1.165) is 12.1 Å². The molecule has 0 bridgehead atoms. The maximum atomic E-state index is 10.8. The van der Waals surface area contributed by atoms with Crippen molar-refractivity contribution >= 4 is 5.91 Å². The molecular weight excluding hydrogens is 114 g/mol. The molecule has 0 saturated heterocycles. The Morgan fingerprint density at radius 3 is 2.67 bits per heavy atom. The SMILES string of the molecule is CCC1=CCC(=O)N1C. The van der Waals surface area contributed by atoms with Crippen molar-refractivity contribution in [1.29, 1.82) is 0 Å². The van der Waals surface area contributed by atoms with Gasteiger partial charge < -0.3 is 4.90 Å². The van der Waals surface area contributed by atoms with E-state index in [9.17, 15) is 4.79 Å². The van der Waals surface area contributed by atoms with E-state index in [4.69, 9.17) is 0 Å². The van der Waals surface area contributed by atoms with Gasteiger partial charge >= 0.3 is 0 Å². The zero-order valence-corrected chi connectivity index (χ0v) is 5.85. The molecule has 0 N–H and O–H groups in total. The minimum absolute atomic E-state index is 0.215. The van der Waals surface area contributed by atoms with E-state index in [1.165, 1.54) is 0 Å². The fourth-order valence-electron chi connectivity index (χ4n) is 1.02. The summed E-state index contributed by atoms with van der Waals surface area (Å²) in [5.41, 5.74) is 1.15. The van der Waals surface area contributed by atoms with Crippen molar-refractivity contribution in [3.05, 3.63) is 11.8 Å². The van der Waals surface area contributed by atoms with Crippen LogP contribution in [0.5, 0.6) is 0 Å². The van der Waals surface area contributed by atoms with Crippen molar-refractivity contribution in [2.75, 3.05) is 7.05 Å². The number of nitrogens with zero attached hydrogens (tertiary/aromatic N) is 1.